The molecule has 0 spiro atoms. The highest BCUT2D eigenvalue weighted by molar-refractivity contribution is 7.03. The van der Waals surface area contributed by atoms with E-state index in [4.69, 9.17) is 5.11 Å². The van der Waals surface area contributed by atoms with Crippen molar-refractivity contribution in [2.24, 2.45) is 0 Å². The Labute approximate surface area is 68.0 Å². The number of hydrogen-bond acceptors (Lipinski definition) is 4. The van der Waals surface area contributed by atoms with Gasteiger partial charge in [0.2, 0.25) is 0 Å². The quantitative estimate of drug-likeness (QED) is 0.734. The summed E-state index contributed by atoms with van der Waals surface area (Å²) < 4.78 is 3.66. The largest absolute Gasteiger partial charge is 0.481 e. The first-order valence-electron chi connectivity index (χ1n) is 3.27. The number of nitrogens with zero attached hydrogens (tertiary/aromatic N) is 2. The highest BCUT2D eigenvalue weighted by Gasteiger charge is 1.99. The predicted octanol–water partition coefficient (Wildman–Crippen LogP) is 0.945. The van der Waals surface area contributed by atoms with Gasteiger partial charge in [0.1, 0.15) is 0 Å². The molecule has 4 nitrogen and oxygen atoms in total. The van der Waals surface area contributed by atoms with Crippen LogP contribution in [0.15, 0.2) is 5.38 Å². The first-order chi connectivity index (χ1) is 5.29. The van der Waals surface area contributed by atoms with Gasteiger partial charge in [0.25, 0.3) is 0 Å². The average Bonchev–Trinajstić information content (AvgIpc) is 2.39. The monoisotopic (exact) mass is 172 g/mol. The van der Waals surface area contributed by atoms with Crippen molar-refractivity contribution in [3.63, 3.8) is 0 Å². The summed E-state index contributed by atoms with van der Waals surface area (Å²) in [5, 5.41) is 13.9. The van der Waals surface area contributed by atoms with E-state index < -0.39 is 5.97 Å². The molecule has 1 aromatic heterocycles. The molecule has 11 heavy (non-hydrogen) atoms. The zero-order valence-electron chi connectivity index (χ0n) is 5.86. The van der Waals surface area contributed by atoms with Gasteiger partial charge in [-0.2, -0.15) is 0 Å². The van der Waals surface area contributed by atoms with Gasteiger partial charge in [0, 0.05) is 11.8 Å². The van der Waals surface area contributed by atoms with E-state index in [0.29, 0.717) is 12.8 Å². The van der Waals surface area contributed by atoms with E-state index in [1.165, 1.54) is 11.5 Å². The smallest absolute Gasteiger partial charge is 0.303 e. The van der Waals surface area contributed by atoms with Gasteiger partial charge in [0.05, 0.1) is 5.69 Å². The Morgan fingerprint density at radius 3 is 3.09 bits per heavy atom. The molecule has 0 radical (unpaired) electrons. The minimum absolute atomic E-state index is 0.206. The Morgan fingerprint density at radius 1 is 1.73 bits per heavy atom. The molecule has 0 fully saturated rings. The SMILES string of the molecule is O=C(O)CCCc1csnn1. The van der Waals surface area contributed by atoms with E-state index in [2.05, 4.69) is 9.59 Å². The predicted molar refractivity (Wildman–Crippen MR) is 40.5 cm³/mol. The van der Waals surface area contributed by atoms with Crippen LogP contribution in [0.5, 0.6) is 0 Å². The van der Waals surface area contributed by atoms with Crippen molar-refractivity contribution in [3.8, 4) is 0 Å². The molecule has 0 saturated heterocycles. The highest BCUT2D eigenvalue weighted by Crippen LogP contribution is 2.02. The van der Waals surface area contributed by atoms with Crippen LogP contribution in [0, 0.1) is 0 Å². The molecular weight excluding hydrogens is 164 g/mol. The summed E-state index contributed by atoms with van der Waals surface area (Å²) in [4.78, 5) is 10.1. The number of carbonyl (C=O) groups is 1. The summed E-state index contributed by atoms with van der Waals surface area (Å²) in [5.41, 5.74) is 0.885. The molecule has 0 saturated carbocycles. The van der Waals surface area contributed by atoms with Crippen LogP contribution in [0.3, 0.4) is 0 Å². The Balaban J connectivity index is 2.19. The summed E-state index contributed by atoms with van der Waals surface area (Å²) in [6.45, 7) is 0. The lowest BCUT2D eigenvalue weighted by molar-refractivity contribution is -0.137. The second kappa shape index (κ2) is 4.02. The Hall–Kier alpha value is -0.970. The second-order valence-corrected chi connectivity index (χ2v) is 2.75. The van der Waals surface area contributed by atoms with Gasteiger partial charge < -0.3 is 5.11 Å². The van der Waals surface area contributed by atoms with Crippen LogP contribution in [-0.2, 0) is 11.2 Å². The molecule has 0 unspecified atom stereocenters. The maximum absolute atomic E-state index is 10.1. The highest BCUT2D eigenvalue weighted by atomic mass is 32.1. The van der Waals surface area contributed by atoms with Gasteiger partial charge in [-0.1, -0.05) is 4.49 Å². The molecule has 1 aromatic rings. The van der Waals surface area contributed by atoms with E-state index in [-0.39, 0.29) is 6.42 Å². The molecule has 1 rings (SSSR count). The molecule has 0 bridgehead atoms. The minimum Gasteiger partial charge on any atom is -0.481 e. The number of aryl methyl sites for hydroxylation is 1. The molecule has 1 N–H and O–H groups in total. The summed E-state index contributed by atoms with van der Waals surface area (Å²) >= 11 is 1.29. The minimum atomic E-state index is -0.756. The second-order valence-electron chi connectivity index (χ2n) is 2.14. The van der Waals surface area contributed by atoms with E-state index in [0.717, 1.165) is 5.69 Å². The Morgan fingerprint density at radius 2 is 2.55 bits per heavy atom. The lowest BCUT2D eigenvalue weighted by Gasteiger charge is -1.90. The van der Waals surface area contributed by atoms with Gasteiger partial charge >= 0.3 is 5.97 Å². The summed E-state index contributed by atoms with van der Waals surface area (Å²) in [5.74, 6) is -0.756. The number of rotatable bonds is 4. The van der Waals surface area contributed by atoms with Crippen LogP contribution in [0.25, 0.3) is 0 Å². The number of hydrogen-bond donors (Lipinski definition) is 1. The Kier molecular flexibility index (Phi) is 2.97. The molecule has 5 heteroatoms. The van der Waals surface area contributed by atoms with Crippen LogP contribution in [0.2, 0.25) is 0 Å². The third-order valence-electron chi connectivity index (χ3n) is 1.23. The van der Waals surface area contributed by atoms with Crippen molar-refractivity contribution >= 4 is 17.5 Å². The van der Waals surface area contributed by atoms with Gasteiger partial charge in [0.15, 0.2) is 0 Å². The number of aliphatic carboxylic acids is 1. The van der Waals surface area contributed by atoms with Crippen LogP contribution in [0.4, 0.5) is 0 Å². The molecule has 60 valence electrons. The van der Waals surface area contributed by atoms with Gasteiger partial charge in [-0.3, -0.25) is 4.79 Å². The topological polar surface area (TPSA) is 63.1 Å². The zero-order chi connectivity index (χ0) is 8.10. The standard InChI is InChI=1S/C6H8N2O2S/c9-6(10)3-1-2-5-4-11-8-7-5/h4H,1-3H2,(H,9,10). The molecule has 0 aliphatic rings. The van der Waals surface area contributed by atoms with Crippen LogP contribution < -0.4 is 0 Å². The summed E-state index contributed by atoms with van der Waals surface area (Å²) in [6.07, 6.45) is 1.56. The van der Waals surface area contributed by atoms with E-state index >= 15 is 0 Å². The fourth-order valence-corrected chi connectivity index (χ4v) is 1.20. The van der Waals surface area contributed by atoms with Crippen LogP contribution in [0.1, 0.15) is 18.5 Å². The van der Waals surface area contributed by atoms with E-state index in [1.807, 2.05) is 5.38 Å². The number of carboxylic acids is 1. The third kappa shape index (κ3) is 3.08. The van der Waals surface area contributed by atoms with Gasteiger partial charge in [-0.05, 0) is 24.4 Å². The zero-order valence-corrected chi connectivity index (χ0v) is 6.67. The number of aromatic nitrogens is 2. The van der Waals surface area contributed by atoms with Crippen molar-refractivity contribution in [3.05, 3.63) is 11.1 Å². The van der Waals surface area contributed by atoms with Crippen molar-refractivity contribution in [2.75, 3.05) is 0 Å². The maximum Gasteiger partial charge on any atom is 0.303 e. The Bertz CT molecular complexity index is 222. The van der Waals surface area contributed by atoms with Crippen molar-refractivity contribution < 1.29 is 9.90 Å². The van der Waals surface area contributed by atoms with Crippen molar-refractivity contribution in [1.82, 2.24) is 9.59 Å². The molecule has 1 heterocycles. The van der Waals surface area contributed by atoms with E-state index in [1.54, 1.807) is 0 Å². The number of carboxylic acid groups (broad SMARTS) is 1. The first kappa shape index (κ1) is 8.13. The van der Waals surface area contributed by atoms with Crippen LogP contribution in [-0.4, -0.2) is 20.7 Å². The van der Waals surface area contributed by atoms with Crippen molar-refractivity contribution in [2.45, 2.75) is 19.3 Å². The average molecular weight is 172 g/mol. The summed E-state index contributed by atoms with van der Waals surface area (Å²) in [6, 6.07) is 0. The molecule has 0 amide bonds. The van der Waals surface area contributed by atoms with Crippen LogP contribution >= 0.6 is 11.5 Å². The normalized spacial score (nSPS) is 9.82. The van der Waals surface area contributed by atoms with Gasteiger partial charge in [-0.15, -0.1) is 5.10 Å². The lowest BCUT2D eigenvalue weighted by Crippen LogP contribution is -1.95. The fraction of sp³-hybridized carbons (Fsp3) is 0.500. The molecule has 0 aliphatic carbocycles. The molecule has 0 aromatic carbocycles. The van der Waals surface area contributed by atoms with E-state index in [9.17, 15) is 4.79 Å². The molecule has 0 atom stereocenters. The van der Waals surface area contributed by atoms with Crippen molar-refractivity contribution in [1.29, 1.82) is 0 Å². The first-order valence-corrected chi connectivity index (χ1v) is 4.10. The summed E-state index contributed by atoms with van der Waals surface area (Å²) in [7, 11) is 0. The molecule has 0 aliphatic heterocycles. The lowest BCUT2D eigenvalue weighted by atomic mass is 10.2. The maximum atomic E-state index is 10.1. The van der Waals surface area contributed by atoms with Gasteiger partial charge in [-0.25, -0.2) is 0 Å². The third-order valence-corrected chi connectivity index (χ3v) is 1.78. The molecular formula is C6H8N2O2S. The fourth-order valence-electron chi connectivity index (χ4n) is 0.714.